The van der Waals surface area contributed by atoms with E-state index >= 15 is 0 Å². The Kier molecular flexibility index (Phi) is 4.23. The Morgan fingerprint density at radius 2 is 2.53 bits per heavy atom. The zero-order valence-electron chi connectivity index (χ0n) is 10.0. The monoisotopic (exact) mass is 299 g/mol. The summed E-state index contributed by atoms with van der Waals surface area (Å²) < 4.78 is 2.76. The van der Waals surface area contributed by atoms with Crippen molar-refractivity contribution in [3.63, 3.8) is 0 Å². The van der Waals surface area contributed by atoms with Gasteiger partial charge in [0.25, 0.3) is 5.91 Å². The molecule has 4 nitrogen and oxygen atoms in total. The Balaban J connectivity index is 1.78. The molecule has 0 aromatic carbocycles. The molecule has 1 aliphatic rings. The van der Waals surface area contributed by atoms with Crippen molar-refractivity contribution in [2.45, 2.75) is 25.3 Å². The highest BCUT2D eigenvalue weighted by atomic mass is 79.9. The van der Waals surface area contributed by atoms with Crippen LogP contribution in [-0.4, -0.2) is 29.6 Å². The highest BCUT2D eigenvalue weighted by molar-refractivity contribution is 9.10. The van der Waals surface area contributed by atoms with E-state index in [4.69, 9.17) is 0 Å². The van der Waals surface area contributed by atoms with Crippen LogP contribution in [0.5, 0.6) is 0 Å². The summed E-state index contributed by atoms with van der Waals surface area (Å²) in [5.41, 5.74) is 0.691. The minimum atomic E-state index is -0.00352. The van der Waals surface area contributed by atoms with Crippen molar-refractivity contribution in [2.75, 3.05) is 13.1 Å². The Bertz CT molecular complexity index is 396. The Labute approximate surface area is 110 Å². The third kappa shape index (κ3) is 3.33. The Morgan fingerprint density at radius 3 is 3.12 bits per heavy atom. The van der Waals surface area contributed by atoms with Crippen LogP contribution in [0.1, 0.15) is 29.8 Å². The van der Waals surface area contributed by atoms with Gasteiger partial charge >= 0.3 is 0 Å². The summed E-state index contributed by atoms with van der Waals surface area (Å²) in [6, 6.07) is 2.42. The molecule has 0 saturated carbocycles. The third-order valence-electron chi connectivity index (χ3n) is 3.14. The largest absolute Gasteiger partial charge is 0.351 e. The average molecular weight is 300 g/mol. The van der Waals surface area contributed by atoms with E-state index in [1.807, 2.05) is 23.9 Å². The van der Waals surface area contributed by atoms with Crippen LogP contribution in [0.3, 0.4) is 0 Å². The van der Waals surface area contributed by atoms with E-state index in [9.17, 15) is 4.79 Å². The molecule has 0 aliphatic carbocycles. The second-order valence-corrected chi connectivity index (χ2v) is 5.41. The molecule has 2 N–H and O–H groups in total. The Hall–Kier alpha value is -0.810. The first kappa shape index (κ1) is 12.6. The number of hydrogen-bond donors (Lipinski definition) is 2. The highest BCUT2D eigenvalue weighted by Crippen LogP contribution is 2.13. The van der Waals surface area contributed by atoms with E-state index < -0.39 is 0 Å². The van der Waals surface area contributed by atoms with Crippen LogP contribution in [0.25, 0.3) is 0 Å². The Morgan fingerprint density at radius 1 is 1.71 bits per heavy atom. The van der Waals surface area contributed by atoms with Crippen molar-refractivity contribution in [3.8, 4) is 0 Å². The molecule has 2 rings (SSSR count). The molecule has 2 heterocycles. The lowest BCUT2D eigenvalue weighted by atomic mass is 10.1. The van der Waals surface area contributed by atoms with E-state index in [-0.39, 0.29) is 5.91 Å². The van der Waals surface area contributed by atoms with Gasteiger partial charge in [0.1, 0.15) is 5.69 Å². The fourth-order valence-corrected chi connectivity index (χ4v) is 2.73. The summed E-state index contributed by atoms with van der Waals surface area (Å²) in [5.74, 6) is -0.00352. The zero-order valence-corrected chi connectivity index (χ0v) is 11.6. The first-order chi connectivity index (χ1) is 8.16. The van der Waals surface area contributed by atoms with Gasteiger partial charge in [0, 0.05) is 30.3 Å². The molecule has 5 heteroatoms. The van der Waals surface area contributed by atoms with E-state index in [2.05, 4.69) is 26.6 Å². The predicted molar refractivity (Wildman–Crippen MR) is 71.1 cm³/mol. The molecule has 1 aromatic heterocycles. The molecule has 1 amide bonds. The minimum absolute atomic E-state index is 0.00352. The summed E-state index contributed by atoms with van der Waals surface area (Å²) in [7, 11) is 1.87. The number of nitrogens with one attached hydrogen (secondary N) is 2. The van der Waals surface area contributed by atoms with Crippen LogP contribution >= 0.6 is 15.9 Å². The van der Waals surface area contributed by atoms with E-state index in [0.717, 1.165) is 24.0 Å². The topological polar surface area (TPSA) is 46.1 Å². The summed E-state index contributed by atoms with van der Waals surface area (Å²) in [6.45, 7) is 1.85. The lowest BCUT2D eigenvalue weighted by Gasteiger charge is -2.10. The molecule has 0 radical (unpaired) electrons. The van der Waals surface area contributed by atoms with Gasteiger partial charge in [-0.2, -0.15) is 0 Å². The van der Waals surface area contributed by atoms with Crippen molar-refractivity contribution >= 4 is 21.8 Å². The maximum atomic E-state index is 11.9. The average Bonchev–Trinajstić information content (AvgIpc) is 2.88. The van der Waals surface area contributed by atoms with Gasteiger partial charge in [-0.1, -0.05) is 0 Å². The van der Waals surface area contributed by atoms with Gasteiger partial charge in [-0.25, -0.2) is 0 Å². The number of aromatic nitrogens is 1. The third-order valence-corrected chi connectivity index (χ3v) is 3.58. The normalized spacial score (nSPS) is 19.5. The molecule has 1 unspecified atom stereocenters. The standard InChI is InChI=1S/C12H18BrN3O/c1-16-8-9(13)7-11(16)12(17)15-6-4-10-3-2-5-14-10/h7-8,10,14H,2-6H2,1H3,(H,15,17). The second-order valence-electron chi connectivity index (χ2n) is 4.49. The van der Waals surface area contributed by atoms with Crippen molar-refractivity contribution in [1.29, 1.82) is 0 Å². The van der Waals surface area contributed by atoms with Crippen LogP contribution in [0.4, 0.5) is 0 Å². The molecule has 1 aromatic rings. The SMILES string of the molecule is Cn1cc(Br)cc1C(=O)NCCC1CCCN1. The highest BCUT2D eigenvalue weighted by Gasteiger charge is 2.15. The predicted octanol–water partition coefficient (Wildman–Crippen LogP) is 1.66. The van der Waals surface area contributed by atoms with Gasteiger partial charge in [0.2, 0.25) is 0 Å². The van der Waals surface area contributed by atoms with E-state index in [1.165, 1.54) is 12.8 Å². The number of halogens is 1. The minimum Gasteiger partial charge on any atom is -0.351 e. The van der Waals surface area contributed by atoms with Gasteiger partial charge < -0.3 is 15.2 Å². The lowest BCUT2D eigenvalue weighted by Crippen LogP contribution is -2.31. The first-order valence-electron chi connectivity index (χ1n) is 6.00. The van der Waals surface area contributed by atoms with Crippen molar-refractivity contribution < 1.29 is 4.79 Å². The molecule has 1 fully saturated rings. The summed E-state index contributed by atoms with van der Waals surface area (Å²) >= 11 is 3.36. The van der Waals surface area contributed by atoms with Crippen molar-refractivity contribution in [1.82, 2.24) is 15.2 Å². The molecule has 0 spiro atoms. The fraction of sp³-hybridized carbons (Fsp3) is 0.583. The molecule has 1 saturated heterocycles. The molecule has 0 bridgehead atoms. The smallest absolute Gasteiger partial charge is 0.267 e. The van der Waals surface area contributed by atoms with Crippen LogP contribution < -0.4 is 10.6 Å². The van der Waals surface area contributed by atoms with E-state index in [0.29, 0.717) is 11.7 Å². The first-order valence-corrected chi connectivity index (χ1v) is 6.79. The van der Waals surface area contributed by atoms with Gasteiger partial charge in [-0.15, -0.1) is 0 Å². The molecule has 1 atom stereocenters. The van der Waals surface area contributed by atoms with Crippen molar-refractivity contribution in [3.05, 3.63) is 22.4 Å². The number of aryl methyl sites for hydroxylation is 1. The van der Waals surface area contributed by atoms with Gasteiger partial charge in [0.05, 0.1) is 0 Å². The number of nitrogens with zero attached hydrogens (tertiary/aromatic N) is 1. The second kappa shape index (κ2) is 5.69. The maximum Gasteiger partial charge on any atom is 0.267 e. The summed E-state index contributed by atoms with van der Waals surface area (Å²) in [4.78, 5) is 11.9. The quantitative estimate of drug-likeness (QED) is 0.888. The molecular formula is C12H18BrN3O. The molecule has 94 valence electrons. The number of hydrogen-bond acceptors (Lipinski definition) is 2. The van der Waals surface area contributed by atoms with E-state index in [1.54, 1.807) is 0 Å². The van der Waals surface area contributed by atoms with Crippen LogP contribution in [-0.2, 0) is 7.05 Å². The molecule has 17 heavy (non-hydrogen) atoms. The van der Waals surface area contributed by atoms with Gasteiger partial charge in [-0.05, 0) is 47.8 Å². The molecular weight excluding hydrogens is 282 g/mol. The lowest BCUT2D eigenvalue weighted by molar-refractivity contribution is 0.0944. The summed E-state index contributed by atoms with van der Waals surface area (Å²) in [6.07, 6.45) is 5.37. The number of carbonyl (C=O) groups excluding carboxylic acids is 1. The summed E-state index contributed by atoms with van der Waals surface area (Å²) in [5, 5.41) is 6.38. The number of amides is 1. The zero-order chi connectivity index (χ0) is 12.3. The van der Waals surface area contributed by atoms with Crippen molar-refractivity contribution in [2.24, 2.45) is 7.05 Å². The molecule has 1 aliphatic heterocycles. The van der Waals surface area contributed by atoms with Crippen LogP contribution in [0.2, 0.25) is 0 Å². The van der Waals surface area contributed by atoms with Crippen LogP contribution in [0, 0.1) is 0 Å². The fourth-order valence-electron chi connectivity index (χ4n) is 2.20. The number of rotatable bonds is 4. The van der Waals surface area contributed by atoms with Gasteiger partial charge in [0.15, 0.2) is 0 Å². The van der Waals surface area contributed by atoms with Crippen LogP contribution in [0.15, 0.2) is 16.7 Å². The maximum absolute atomic E-state index is 11.9. The van der Waals surface area contributed by atoms with Gasteiger partial charge in [-0.3, -0.25) is 4.79 Å². The number of carbonyl (C=O) groups is 1.